The third kappa shape index (κ3) is 1.91. The van der Waals surface area contributed by atoms with E-state index in [-0.39, 0.29) is 12.4 Å². The van der Waals surface area contributed by atoms with Crippen LogP contribution in [0.3, 0.4) is 0 Å². The second-order valence-corrected chi connectivity index (χ2v) is 4.54. The Morgan fingerprint density at radius 2 is 2.07 bits per heavy atom. The minimum Gasteiger partial charge on any atom is -0.378 e. The van der Waals surface area contributed by atoms with E-state index in [9.17, 15) is 0 Å². The number of ether oxygens (including phenoxy) is 1. The summed E-state index contributed by atoms with van der Waals surface area (Å²) in [5.74, 6) is 0.959. The molecule has 2 saturated heterocycles. The van der Waals surface area contributed by atoms with Gasteiger partial charge in [0.05, 0.1) is 13.2 Å². The third-order valence-electron chi connectivity index (χ3n) is 3.59. The van der Waals surface area contributed by atoms with Crippen LogP contribution in [0.2, 0.25) is 0 Å². The van der Waals surface area contributed by atoms with Gasteiger partial charge in [0.25, 0.3) is 0 Å². The van der Waals surface area contributed by atoms with Crippen LogP contribution >= 0.6 is 12.4 Å². The molecule has 0 aromatic rings. The van der Waals surface area contributed by atoms with E-state index in [4.69, 9.17) is 4.74 Å². The van der Waals surface area contributed by atoms with Gasteiger partial charge in [-0.2, -0.15) is 0 Å². The number of halogens is 1. The molecule has 0 amide bonds. The van der Waals surface area contributed by atoms with Gasteiger partial charge in [-0.25, -0.2) is 0 Å². The minimum atomic E-state index is 0. The van der Waals surface area contributed by atoms with Gasteiger partial charge in [0.2, 0.25) is 0 Å². The number of hydrogen-bond acceptors (Lipinski definition) is 3. The van der Waals surface area contributed by atoms with Crippen molar-refractivity contribution in [3.8, 4) is 0 Å². The normalized spacial score (nSPS) is 38.6. The van der Waals surface area contributed by atoms with Crippen molar-refractivity contribution in [3.05, 3.63) is 0 Å². The largest absolute Gasteiger partial charge is 0.378 e. The summed E-state index contributed by atoms with van der Waals surface area (Å²) in [5.41, 5.74) is 0. The number of hydrogen-bond donors (Lipinski definition) is 1. The maximum Gasteiger partial charge on any atom is 0.0635 e. The van der Waals surface area contributed by atoms with E-state index >= 15 is 0 Å². The maximum atomic E-state index is 5.67. The van der Waals surface area contributed by atoms with Crippen molar-refractivity contribution in [1.29, 1.82) is 0 Å². The molecule has 2 heterocycles. The number of rotatable bonds is 1. The predicted molar refractivity (Wildman–Crippen MR) is 57.9 cm³/mol. The van der Waals surface area contributed by atoms with Crippen LogP contribution < -0.4 is 5.32 Å². The van der Waals surface area contributed by atoms with Gasteiger partial charge in [0, 0.05) is 31.7 Å². The summed E-state index contributed by atoms with van der Waals surface area (Å²) >= 11 is 0. The third-order valence-corrected chi connectivity index (χ3v) is 3.59. The minimum absolute atomic E-state index is 0. The molecule has 0 aromatic heterocycles. The smallest absolute Gasteiger partial charge is 0.0635 e. The summed E-state index contributed by atoms with van der Waals surface area (Å²) in [5, 5.41) is 3.44. The van der Waals surface area contributed by atoms with E-state index < -0.39 is 0 Å². The fourth-order valence-electron chi connectivity index (χ4n) is 2.68. The first-order valence-corrected chi connectivity index (χ1v) is 5.49. The average Bonchev–Trinajstić information content (AvgIpc) is 3.00. The number of nitrogens with zero attached hydrogens (tertiary/aromatic N) is 1. The fraction of sp³-hybridized carbons (Fsp3) is 1.00. The number of fused-ring (bicyclic) bond motifs is 1. The van der Waals surface area contributed by atoms with E-state index in [0.717, 1.165) is 31.7 Å². The summed E-state index contributed by atoms with van der Waals surface area (Å²) in [6, 6.07) is 1.41. The number of morpholine rings is 1. The van der Waals surface area contributed by atoms with E-state index in [1.165, 1.54) is 25.9 Å². The highest BCUT2D eigenvalue weighted by Gasteiger charge is 2.41. The lowest BCUT2D eigenvalue weighted by Gasteiger charge is -2.45. The van der Waals surface area contributed by atoms with Crippen LogP contribution in [0.15, 0.2) is 0 Å². The Morgan fingerprint density at radius 3 is 2.86 bits per heavy atom. The van der Waals surface area contributed by atoms with Crippen molar-refractivity contribution in [2.24, 2.45) is 5.92 Å². The first-order chi connectivity index (χ1) is 6.45. The lowest BCUT2D eigenvalue weighted by atomic mass is 10.0. The second kappa shape index (κ2) is 4.35. The predicted octanol–water partition coefficient (Wildman–Crippen LogP) is 0.491. The molecule has 2 atom stereocenters. The van der Waals surface area contributed by atoms with Gasteiger partial charge in [-0.3, -0.25) is 4.90 Å². The zero-order valence-electron chi connectivity index (χ0n) is 8.45. The molecule has 0 aromatic carbocycles. The zero-order valence-corrected chi connectivity index (χ0v) is 9.26. The molecule has 1 aliphatic carbocycles. The van der Waals surface area contributed by atoms with E-state index in [1.807, 2.05) is 0 Å². The molecule has 3 fully saturated rings. The summed E-state index contributed by atoms with van der Waals surface area (Å²) < 4.78 is 5.67. The van der Waals surface area contributed by atoms with Crippen molar-refractivity contribution >= 4 is 12.4 Å². The molecule has 4 heteroatoms. The maximum absolute atomic E-state index is 5.67. The molecule has 0 radical (unpaired) electrons. The Labute approximate surface area is 91.6 Å². The standard InChI is InChI=1S/C10H18N2O.ClH/c1-2-8(1)10-7-13-6-9-5-11-3-4-12(9)10;/h8-11H,1-7H2;1H/t9-,10-;/m1./s1. The van der Waals surface area contributed by atoms with E-state index in [0.29, 0.717) is 6.04 Å². The molecule has 3 nitrogen and oxygen atoms in total. The summed E-state index contributed by atoms with van der Waals surface area (Å²) in [6.45, 7) is 5.45. The molecular weight excluding hydrogens is 200 g/mol. The van der Waals surface area contributed by atoms with Crippen LogP contribution in [0.25, 0.3) is 0 Å². The van der Waals surface area contributed by atoms with Gasteiger partial charge in [-0.05, 0) is 18.8 Å². The highest BCUT2D eigenvalue weighted by atomic mass is 35.5. The number of nitrogens with one attached hydrogen (secondary N) is 1. The summed E-state index contributed by atoms with van der Waals surface area (Å²) in [7, 11) is 0. The SMILES string of the molecule is C1CN2[C@H](CN1)COC[C@@H]2C1CC1.Cl. The second-order valence-electron chi connectivity index (χ2n) is 4.54. The molecule has 1 N–H and O–H groups in total. The van der Waals surface area contributed by atoms with Crippen LogP contribution in [0, 0.1) is 5.92 Å². The van der Waals surface area contributed by atoms with Crippen molar-refractivity contribution in [1.82, 2.24) is 10.2 Å². The van der Waals surface area contributed by atoms with E-state index in [2.05, 4.69) is 10.2 Å². The summed E-state index contributed by atoms with van der Waals surface area (Å²) in [6.07, 6.45) is 2.87. The average molecular weight is 219 g/mol. The Balaban J connectivity index is 0.000000750. The summed E-state index contributed by atoms with van der Waals surface area (Å²) in [4.78, 5) is 2.69. The molecule has 1 saturated carbocycles. The van der Waals surface area contributed by atoms with Gasteiger partial charge < -0.3 is 10.1 Å². The van der Waals surface area contributed by atoms with Gasteiger partial charge in [-0.1, -0.05) is 0 Å². The van der Waals surface area contributed by atoms with Crippen LogP contribution in [0.1, 0.15) is 12.8 Å². The van der Waals surface area contributed by atoms with Gasteiger partial charge in [-0.15, -0.1) is 12.4 Å². The fourth-order valence-corrected chi connectivity index (χ4v) is 2.68. The van der Waals surface area contributed by atoms with E-state index in [1.54, 1.807) is 0 Å². The molecule has 0 bridgehead atoms. The molecular formula is C10H19ClN2O. The van der Waals surface area contributed by atoms with Crippen LogP contribution in [-0.4, -0.2) is 49.8 Å². The lowest BCUT2D eigenvalue weighted by molar-refractivity contribution is -0.0647. The Hall–Kier alpha value is 0.170. The van der Waals surface area contributed by atoms with Crippen molar-refractivity contribution < 1.29 is 4.74 Å². The lowest BCUT2D eigenvalue weighted by Crippen LogP contribution is -2.61. The molecule has 3 aliphatic rings. The Bertz CT molecular complexity index is 197. The van der Waals surface area contributed by atoms with Crippen molar-refractivity contribution in [2.75, 3.05) is 32.8 Å². The van der Waals surface area contributed by atoms with Gasteiger partial charge in [0.1, 0.15) is 0 Å². The molecule has 82 valence electrons. The van der Waals surface area contributed by atoms with Crippen LogP contribution in [-0.2, 0) is 4.74 Å². The number of piperazine rings is 1. The van der Waals surface area contributed by atoms with Crippen molar-refractivity contribution in [2.45, 2.75) is 24.9 Å². The monoisotopic (exact) mass is 218 g/mol. The van der Waals surface area contributed by atoms with Crippen LogP contribution in [0.4, 0.5) is 0 Å². The molecule has 0 unspecified atom stereocenters. The highest BCUT2D eigenvalue weighted by Crippen LogP contribution is 2.37. The zero-order chi connectivity index (χ0) is 8.67. The topological polar surface area (TPSA) is 24.5 Å². The van der Waals surface area contributed by atoms with Gasteiger partial charge >= 0.3 is 0 Å². The molecule has 3 rings (SSSR count). The van der Waals surface area contributed by atoms with Crippen molar-refractivity contribution in [3.63, 3.8) is 0 Å². The highest BCUT2D eigenvalue weighted by molar-refractivity contribution is 5.85. The Morgan fingerprint density at radius 1 is 1.21 bits per heavy atom. The molecule has 14 heavy (non-hydrogen) atoms. The molecule has 0 spiro atoms. The molecule has 2 aliphatic heterocycles. The first kappa shape index (κ1) is 10.7. The Kier molecular flexibility index (Phi) is 3.32. The first-order valence-electron chi connectivity index (χ1n) is 5.49. The van der Waals surface area contributed by atoms with Crippen LogP contribution in [0.5, 0.6) is 0 Å². The van der Waals surface area contributed by atoms with Gasteiger partial charge in [0.15, 0.2) is 0 Å². The quantitative estimate of drug-likeness (QED) is 0.694.